The van der Waals surface area contributed by atoms with E-state index in [0.29, 0.717) is 11.6 Å². The van der Waals surface area contributed by atoms with Crippen LogP contribution in [0.2, 0.25) is 0 Å². The molecule has 0 aliphatic heterocycles. The lowest BCUT2D eigenvalue weighted by Gasteiger charge is -2.16. The van der Waals surface area contributed by atoms with E-state index < -0.39 is 0 Å². The third kappa shape index (κ3) is 1.95. The first kappa shape index (κ1) is 11.5. The molecule has 0 saturated heterocycles. The van der Waals surface area contributed by atoms with Crippen LogP contribution in [0.15, 0.2) is 27.4 Å². The molecule has 18 heavy (non-hydrogen) atoms. The smallest absolute Gasteiger partial charge is 0.408 e. The maximum atomic E-state index is 11.4. The largest absolute Gasteiger partial charge is 0.419 e. The van der Waals surface area contributed by atoms with Gasteiger partial charge in [-0.05, 0) is 30.5 Å². The van der Waals surface area contributed by atoms with Crippen LogP contribution in [0.25, 0.3) is 11.1 Å². The number of hydrogen-bond acceptors (Lipinski definition) is 4. The normalized spacial score (nSPS) is 17.2. The number of nitrogens with one attached hydrogen (secondary N) is 1. The van der Waals surface area contributed by atoms with E-state index in [1.807, 2.05) is 12.1 Å². The van der Waals surface area contributed by atoms with Gasteiger partial charge in [-0.1, -0.05) is 6.07 Å². The Kier molecular flexibility index (Phi) is 2.72. The van der Waals surface area contributed by atoms with Gasteiger partial charge in [0.2, 0.25) is 0 Å². The number of benzene rings is 1. The van der Waals surface area contributed by atoms with Crippen molar-refractivity contribution in [1.29, 1.82) is 0 Å². The van der Waals surface area contributed by atoms with Crippen LogP contribution in [0, 0.1) is 0 Å². The Labute approximate surface area is 104 Å². The molecule has 0 spiro atoms. The van der Waals surface area contributed by atoms with Crippen LogP contribution < -0.4 is 11.1 Å². The lowest BCUT2D eigenvalue weighted by atomic mass is 10.1. The molecule has 1 heterocycles. The van der Waals surface area contributed by atoms with Gasteiger partial charge in [0.15, 0.2) is 5.58 Å². The van der Waals surface area contributed by atoms with Crippen LogP contribution in [0.4, 0.5) is 0 Å². The van der Waals surface area contributed by atoms with E-state index in [4.69, 9.17) is 4.42 Å². The molecule has 5 heteroatoms. The van der Waals surface area contributed by atoms with Crippen molar-refractivity contribution in [2.24, 2.45) is 7.05 Å². The summed E-state index contributed by atoms with van der Waals surface area (Å²) in [6.45, 7) is 0.0494. The molecule has 2 N–H and O–H groups in total. The monoisotopic (exact) mass is 248 g/mol. The quantitative estimate of drug-likeness (QED) is 0.844. The van der Waals surface area contributed by atoms with Crippen LogP contribution in [0.1, 0.15) is 24.4 Å². The van der Waals surface area contributed by atoms with E-state index in [1.54, 1.807) is 13.1 Å². The summed E-state index contributed by atoms with van der Waals surface area (Å²) in [4.78, 5) is 11.4. The van der Waals surface area contributed by atoms with Gasteiger partial charge in [0.05, 0.1) is 18.2 Å². The van der Waals surface area contributed by atoms with Crippen molar-refractivity contribution in [3.63, 3.8) is 0 Å². The zero-order valence-electron chi connectivity index (χ0n) is 10.2. The van der Waals surface area contributed by atoms with E-state index >= 15 is 0 Å². The van der Waals surface area contributed by atoms with E-state index in [0.717, 1.165) is 11.1 Å². The summed E-state index contributed by atoms with van der Waals surface area (Å²) in [5.41, 5.74) is 2.32. The Bertz CT molecular complexity index is 625. The number of nitrogens with zero attached hydrogens (tertiary/aromatic N) is 1. The number of fused-ring (bicyclic) bond motifs is 1. The third-order valence-electron chi connectivity index (χ3n) is 3.41. The van der Waals surface area contributed by atoms with Crippen molar-refractivity contribution < 1.29 is 9.52 Å². The van der Waals surface area contributed by atoms with E-state index in [9.17, 15) is 9.90 Å². The molecule has 1 aliphatic rings. The molecule has 0 radical (unpaired) electrons. The summed E-state index contributed by atoms with van der Waals surface area (Å²) in [7, 11) is 1.68. The molecule has 1 unspecified atom stereocenters. The minimum atomic E-state index is -0.363. The molecular weight excluding hydrogens is 232 g/mol. The van der Waals surface area contributed by atoms with Crippen molar-refractivity contribution in [2.45, 2.75) is 24.9 Å². The van der Waals surface area contributed by atoms with Gasteiger partial charge in [-0.3, -0.25) is 4.57 Å². The first-order valence-electron chi connectivity index (χ1n) is 6.15. The zero-order valence-corrected chi connectivity index (χ0v) is 10.2. The lowest BCUT2D eigenvalue weighted by Crippen LogP contribution is -2.26. The summed E-state index contributed by atoms with van der Waals surface area (Å²) < 4.78 is 6.56. The fraction of sp³-hybridized carbons (Fsp3) is 0.462. The van der Waals surface area contributed by atoms with Gasteiger partial charge < -0.3 is 14.8 Å². The number of aromatic nitrogens is 1. The summed E-state index contributed by atoms with van der Waals surface area (Å²) in [6, 6.07) is 6.01. The van der Waals surface area contributed by atoms with Gasteiger partial charge in [0.25, 0.3) is 0 Å². The molecule has 1 aromatic carbocycles. The van der Waals surface area contributed by atoms with Crippen LogP contribution in [0.3, 0.4) is 0 Å². The average molecular weight is 248 g/mol. The van der Waals surface area contributed by atoms with Crippen molar-refractivity contribution in [3.05, 3.63) is 34.3 Å². The highest BCUT2D eigenvalue weighted by molar-refractivity contribution is 5.73. The summed E-state index contributed by atoms with van der Waals surface area (Å²) >= 11 is 0. The Balaban J connectivity index is 1.99. The molecule has 1 aliphatic carbocycles. The minimum Gasteiger partial charge on any atom is -0.408 e. The van der Waals surface area contributed by atoms with Crippen LogP contribution >= 0.6 is 0 Å². The Hall–Kier alpha value is -1.59. The number of oxazole rings is 1. The van der Waals surface area contributed by atoms with Gasteiger partial charge in [-0.25, -0.2) is 4.79 Å². The average Bonchev–Trinajstić information content (AvgIpc) is 3.15. The fourth-order valence-electron chi connectivity index (χ4n) is 2.15. The number of aliphatic hydroxyl groups is 1. The second-order valence-corrected chi connectivity index (χ2v) is 4.83. The Morgan fingerprint density at radius 3 is 3.00 bits per heavy atom. The molecule has 1 fully saturated rings. The van der Waals surface area contributed by atoms with Crippen molar-refractivity contribution >= 4 is 11.1 Å². The standard InChI is InChI=1S/C13H16N2O3/c1-15-11-6-8(2-5-12(11)18-13(15)17)10(7-16)14-9-3-4-9/h2,5-6,9-10,14,16H,3-4,7H2,1H3. The molecule has 2 aromatic rings. The zero-order chi connectivity index (χ0) is 12.7. The fourth-order valence-corrected chi connectivity index (χ4v) is 2.15. The maximum absolute atomic E-state index is 11.4. The lowest BCUT2D eigenvalue weighted by molar-refractivity contribution is 0.243. The summed E-state index contributed by atoms with van der Waals surface area (Å²) in [5, 5.41) is 12.8. The van der Waals surface area contributed by atoms with Crippen LogP contribution in [0.5, 0.6) is 0 Å². The van der Waals surface area contributed by atoms with Crippen molar-refractivity contribution in [3.8, 4) is 0 Å². The SMILES string of the molecule is Cn1c(=O)oc2ccc(C(CO)NC3CC3)cc21. The molecule has 5 nitrogen and oxygen atoms in total. The molecule has 1 saturated carbocycles. The van der Waals surface area contributed by atoms with E-state index in [-0.39, 0.29) is 18.4 Å². The van der Waals surface area contributed by atoms with E-state index in [1.165, 1.54) is 17.4 Å². The highest BCUT2D eigenvalue weighted by Crippen LogP contribution is 2.25. The number of rotatable bonds is 4. The van der Waals surface area contributed by atoms with Crippen molar-refractivity contribution in [2.75, 3.05) is 6.61 Å². The molecule has 0 bridgehead atoms. The first-order chi connectivity index (χ1) is 8.69. The minimum absolute atomic E-state index is 0.0494. The number of hydrogen-bond donors (Lipinski definition) is 2. The molecule has 1 atom stereocenters. The molecule has 96 valence electrons. The van der Waals surface area contributed by atoms with E-state index in [2.05, 4.69) is 5.32 Å². The second kappa shape index (κ2) is 4.26. The summed E-state index contributed by atoms with van der Waals surface area (Å²) in [6.07, 6.45) is 2.34. The number of aliphatic hydroxyl groups excluding tert-OH is 1. The topological polar surface area (TPSA) is 67.4 Å². The highest BCUT2D eigenvalue weighted by Gasteiger charge is 2.25. The van der Waals surface area contributed by atoms with Crippen LogP contribution in [-0.2, 0) is 7.05 Å². The van der Waals surface area contributed by atoms with Gasteiger partial charge >= 0.3 is 5.76 Å². The number of aryl methyl sites for hydroxylation is 1. The third-order valence-corrected chi connectivity index (χ3v) is 3.41. The molecule has 3 rings (SSSR count). The molecule has 0 amide bonds. The van der Waals surface area contributed by atoms with Gasteiger partial charge in [-0.2, -0.15) is 0 Å². The van der Waals surface area contributed by atoms with Crippen LogP contribution in [-0.4, -0.2) is 22.3 Å². The predicted octanol–water partition coefficient (Wildman–Crippen LogP) is 0.917. The molecule has 1 aromatic heterocycles. The van der Waals surface area contributed by atoms with Gasteiger partial charge in [0.1, 0.15) is 0 Å². The molecular formula is C13H16N2O3. The summed E-state index contributed by atoms with van der Waals surface area (Å²) in [5.74, 6) is -0.363. The second-order valence-electron chi connectivity index (χ2n) is 4.83. The predicted molar refractivity (Wildman–Crippen MR) is 67.4 cm³/mol. The maximum Gasteiger partial charge on any atom is 0.419 e. The van der Waals surface area contributed by atoms with Crippen molar-refractivity contribution in [1.82, 2.24) is 9.88 Å². The van der Waals surface area contributed by atoms with Gasteiger partial charge in [-0.15, -0.1) is 0 Å². The highest BCUT2D eigenvalue weighted by atomic mass is 16.4. The first-order valence-corrected chi connectivity index (χ1v) is 6.15. The Morgan fingerprint density at radius 1 is 1.56 bits per heavy atom. The Morgan fingerprint density at radius 2 is 2.33 bits per heavy atom. The van der Waals surface area contributed by atoms with Gasteiger partial charge in [0, 0.05) is 13.1 Å².